The molecule has 1 aliphatic rings. The monoisotopic (exact) mass is 313 g/mol. The first kappa shape index (κ1) is 15.9. The molecule has 21 heavy (non-hydrogen) atoms. The maximum Gasteiger partial charge on any atom is 0.265 e. The lowest BCUT2D eigenvalue weighted by molar-refractivity contribution is 0.0833. The zero-order chi connectivity index (χ0) is 15.6. The van der Waals surface area contributed by atoms with E-state index in [0.29, 0.717) is 22.2 Å². The summed E-state index contributed by atoms with van der Waals surface area (Å²) in [6.07, 6.45) is 1.08. The average molecular weight is 313 g/mol. The van der Waals surface area contributed by atoms with Crippen molar-refractivity contribution in [2.75, 3.05) is 58.6 Å². The number of ether oxygens (including phenoxy) is 2. The van der Waals surface area contributed by atoms with Crippen LogP contribution >= 0.6 is 11.3 Å². The fraction of sp³-hybridized carbons (Fsp3) is 0.643. The van der Waals surface area contributed by atoms with Gasteiger partial charge in [-0.2, -0.15) is 0 Å². The number of hydrogen-bond acceptors (Lipinski definition) is 6. The second-order valence-electron chi connectivity index (χ2n) is 5.44. The third kappa shape index (κ3) is 3.08. The molecule has 1 unspecified atom stereocenters. The quantitative estimate of drug-likeness (QED) is 0.892. The lowest BCUT2D eigenvalue weighted by atomic mass is 10.1. The Kier molecular flexibility index (Phi) is 4.95. The molecule has 0 bridgehead atoms. The third-order valence-corrected chi connectivity index (χ3v) is 4.90. The molecule has 6 nitrogen and oxygen atoms in total. The van der Waals surface area contributed by atoms with E-state index < -0.39 is 0 Å². The predicted octanol–water partition coefficient (Wildman–Crippen LogP) is 1.51. The lowest BCUT2D eigenvalue weighted by Gasteiger charge is -2.18. The second-order valence-corrected chi connectivity index (χ2v) is 6.44. The number of nitrogens with zero attached hydrogens (tertiary/aromatic N) is 2. The van der Waals surface area contributed by atoms with Crippen LogP contribution in [-0.2, 0) is 4.74 Å². The van der Waals surface area contributed by atoms with Gasteiger partial charge in [0.2, 0.25) is 0 Å². The van der Waals surface area contributed by atoms with E-state index in [4.69, 9.17) is 15.2 Å². The summed E-state index contributed by atoms with van der Waals surface area (Å²) in [5.41, 5.74) is 6.54. The normalized spacial score (nSPS) is 18.1. The van der Waals surface area contributed by atoms with Crippen molar-refractivity contribution in [2.45, 2.75) is 6.42 Å². The van der Waals surface area contributed by atoms with E-state index in [-0.39, 0.29) is 5.91 Å². The molecule has 1 amide bonds. The van der Waals surface area contributed by atoms with Crippen LogP contribution in [0.3, 0.4) is 0 Å². The Morgan fingerprint density at radius 1 is 1.48 bits per heavy atom. The van der Waals surface area contributed by atoms with Crippen LogP contribution in [-0.4, -0.2) is 58.8 Å². The van der Waals surface area contributed by atoms with Crippen LogP contribution < -0.4 is 15.4 Å². The molecule has 118 valence electrons. The standard InChI is InChI=1S/C14H23N3O3S/c1-16(2)13(18)12-10(15)11(20-4)14(21-12)17-6-5-9(7-17)8-19-3/h9H,5-8,15H2,1-4H3. The van der Waals surface area contributed by atoms with Crippen molar-refractivity contribution in [3.05, 3.63) is 4.88 Å². The van der Waals surface area contributed by atoms with Crippen LogP contribution in [0.2, 0.25) is 0 Å². The third-order valence-electron chi connectivity index (χ3n) is 3.66. The van der Waals surface area contributed by atoms with Gasteiger partial charge in [-0.05, 0) is 6.42 Å². The fourth-order valence-electron chi connectivity index (χ4n) is 2.57. The molecular formula is C14H23N3O3S. The first-order chi connectivity index (χ1) is 9.99. The summed E-state index contributed by atoms with van der Waals surface area (Å²) in [7, 11) is 6.75. The van der Waals surface area contributed by atoms with Gasteiger partial charge in [-0.25, -0.2) is 0 Å². The van der Waals surface area contributed by atoms with E-state index in [1.54, 1.807) is 28.3 Å². The Balaban J connectivity index is 2.28. The Hall–Kier alpha value is -1.47. The van der Waals surface area contributed by atoms with Gasteiger partial charge in [0.05, 0.1) is 13.7 Å². The topological polar surface area (TPSA) is 68.0 Å². The molecule has 2 heterocycles. The maximum atomic E-state index is 12.2. The minimum atomic E-state index is -0.0883. The highest BCUT2D eigenvalue weighted by atomic mass is 32.1. The van der Waals surface area contributed by atoms with Crippen molar-refractivity contribution in [1.29, 1.82) is 0 Å². The number of nitrogens with two attached hydrogens (primary N) is 1. The van der Waals surface area contributed by atoms with Crippen LogP contribution in [0.1, 0.15) is 16.1 Å². The molecule has 7 heteroatoms. The molecule has 0 aromatic carbocycles. The van der Waals surface area contributed by atoms with Crippen molar-refractivity contribution < 1.29 is 14.3 Å². The number of methoxy groups -OCH3 is 2. The molecule has 0 aliphatic carbocycles. The number of amides is 1. The van der Waals surface area contributed by atoms with Gasteiger partial charge in [-0.3, -0.25) is 4.79 Å². The van der Waals surface area contributed by atoms with Gasteiger partial charge >= 0.3 is 0 Å². The maximum absolute atomic E-state index is 12.2. The molecule has 0 spiro atoms. The Morgan fingerprint density at radius 2 is 2.19 bits per heavy atom. The number of hydrogen-bond donors (Lipinski definition) is 1. The van der Waals surface area contributed by atoms with Gasteiger partial charge in [-0.15, -0.1) is 11.3 Å². The molecule has 1 aliphatic heterocycles. The highest BCUT2D eigenvalue weighted by Crippen LogP contribution is 2.46. The Bertz CT molecular complexity index is 516. The smallest absolute Gasteiger partial charge is 0.265 e. The number of rotatable bonds is 5. The molecule has 1 aromatic heterocycles. The SMILES string of the molecule is COCC1CCN(c2sc(C(=O)N(C)C)c(N)c2OC)C1. The van der Waals surface area contributed by atoms with E-state index in [2.05, 4.69) is 4.90 Å². The molecule has 1 saturated heterocycles. The number of carbonyl (C=O) groups excluding carboxylic acids is 1. The number of thiophene rings is 1. The molecule has 0 saturated carbocycles. The van der Waals surface area contributed by atoms with E-state index in [1.165, 1.54) is 16.2 Å². The zero-order valence-corrected chi connectivity index (χ0v) is 13.8. The zero-order valence-electron chi connectivity index (χ0n) is 13.0. The van der Waals surface area contributed by atoms with Crippen LogP contribution in [0.25, 0.3) is 0 Å². The highest BCUT2D eigenvalue weighted by molar-refractivity contribution is 7.19. The second kappa shape index (κ2) is 6.53. The van der Waals surface area contributed by atoms with Crippen molar-refractivity contribution in [2.24, 2.45) is 5.92 Å². The van der Waals surface area contributed by atoms with Gasteiger partial charge < -0.3 is 25.0 Å². The summed E-state index contributed by atoms with van der Waals surface area (Å²) in [6, 6.07) is 0. The van der Waals surface area contributed by atoms with Crippen LogP contribution in [0, 0.1) is 5.92 Å². The van der Waals surface area contributed by atoms with Crippen molar-refractivity contribution >= 4 is 27.9 Å². The summed E-state index contributed by atoms with van der Waals surface area (Å²) >= 11 is 1.41. The Morgan fingerprint density at radius 3 is 2.76 bits per heavy atom. The van der Waals surface area contributed by atoms with Gasteiger partial charge in [0.15, 0.2) is 5.75 Å². The minimum Gasteiger partial charge on any atom is -0.492 e. The number of carbonyl (C=O) groups is 1. The largest absolute Gasteiger partial charge is 0.492 e. The van der Waals surface area contributed by atoms with Crippen LogP contribution in [0.4, 0.5) is 10.7 Å². The summed E-state index contributed by atoms with van der Waals surface area (Å²) in [6.45, 7) is 2.59. The first-order valence-corrected chi connectivity index (χ1v) is 7.73. The van der Waals surface area contributed by atoms with E-state index in [1.807, 2.05) is 0 Å². The van der Waals surface area contributed by atoms with Crippen LogP contribution in [0.5, 0.6) is 5.75 Å². The van der Waals surface area contributed by atoms with Crippen molar-refractivity contribution in [1.82, 2.24) is 4.90 Å². The molecule has 1 atom stereocenters. The van der Waals surface area contributed by atoms with E-state index in [0.717, 1.165) is 31.1 Å². The first-order valence-electron chi connectivity index (χ1n) is 6.91. The molecular weight excluding hydrogens is 290 g/mol. The predicted molar refractivity (Wildman–Crippen MR) is 85.5 cm³/mol. The van der Waals surface area contributed by atoms with Gasteiger partial charge in [0.25, 0.3) is 5.91 Å². The van der Waals surface area contributed by atoms with Gasteiger partial charge in [0.1, 0.15) is 15.6 Å². The number of anilines is 2. The highest BCUT2D eigenvalue weighted by Gasteiger charge is 2.30. The van der Waals surface area contributed by atoms with Crippen molar-refractivity contribution in [3.8, 4) is 5.75 Å². The Labute approximate surface area is 129 Å². The van der Waals surface area contributed by atoms with E-state index >= 15 is 0 Å². The fourth-order valence-corrected chi connectivity index (χ4v) is 3.82. The summed E-state index contributed by atoms with van der Waals surface area (Å²) in [5, 5.41) is 0.943. The summed E-state index contributed by atoms with van der Waals surface area (Å²) in [4.78, 5) is 16.5. The summed E-state index contributed by atoms with van der Waals surface area (Å²) in [5.74, 6) is 1.04. The van der Waals surface area contributed by atoms with Gasteiger partial charge in [0, 0.05) is 40.2 Å². The lowest BCUT2D eigenvalue weighted by Crippen LogP contribution is -2.21. The molecule has 1 fully saturated rings. The number of nitrogen functional groups attached to an aromatic ring is 1. The van der Waals surface area contributed by atoms with Gasteiger partial charge in [-0.1, -0.05) is 0 Å². The van der Waals surface area contributed by atoms with E-state index in [9.17, 15) is 4.79 Å². The molecule has 2 rings (SSSR count). The van der Waals surface area contributed by atoms with Crippen LogP contribution in [0.15, 0.2) is 0 Å². The van der Waals surface area contributed by atoms with Crippen molar-refractivity contribution in [3.63, 3.8) is 0 Å². The molecule has 2 N–H and O–H groups in total. The average Bonchev–Trinajstić information content (AvgIpc) is 3.02. The molecule has 1 aromatic rings. The minimum absolute atomic E-state index is 0.0883. The summed E-state index contributed by atoms with van der Waals surface area (Å²) < 4.78 is 10.7. The molecule has 0 radical (unpaired) electrons.